The summed E-state index contributed by atoms with van der Waals surface area (Å²) in [4.78, 5) is 12.5. The van der Waals surface area contributed by atoms with Gasteiger partial charge in [-0.1, -0.05) is 0 Å². The maximum absolute atomic E-state index is 11.0. The van der Waals surface area contributed by atoms with Crippen molar-refractivity contribution in [1.82, 2.24) is 4.90 Å². The van der Waals surface area contributed by atoms with E-state index in [9.17, 15) is 4.79 Å². The van der Waals surface area contributed by atoms with Crippen LogP contribution in [0.1, 0.15) is 6.42 Å². The number of β-amino-alcohol motifs (C(OH)–C–C–N with tert-alkyl or cyclic N) is 1. The van der Waals surface area contributed by atoms with Crippen LogP contribution in [0.4, 0.5) is 4.79 Å². The number of hydrogen-bond acceptors (Lipinski definition) is 4. The predicted octanol–water partition coefficient (Wildman–Crippen LogP) is -0.818. The third kappa shape index (κ3) is 2.35. The third-order valence-corrected chi connectivity index (χ3v) is 1.74. The molecule has 0 aromatic rings. The Morgan fingerprint density at radius 2 is 2.42 bits per heavy atom. The van der Waals surface area contributed by atoms with Gasteiger partial charge in [0.25, 0.3) is 0 Å². The molecule has 0 aliphatic carbocycles. The summed E-state index contributed by atoms with van der Waals surface area (Å²) in [5, 5.41) is 17.4. The monoisotopic (exact) mass is 175 g/mol. The normalized spacial score (nSPS) is 22.8. The Labute approximate surface area is 70.5 Å². The topological polar surface area (TPSA) is 70.0 Å². The van der Waals surface area contributed by atoms with E-state index >= 15 is 0 Å². The van der Waals surface area contributed by atoms with Crippen LogP contribution in [0, 0.1) is 0 Å². The molecule has 1 aliphatic rings. The van der Waals surface area contributed by atoms with Gasteiger partial charge in [0, 0.05) is 13.1 Å². The summed E-state index contributed by atoms with van der Waals surface area (Å²) in [7, 11) is 0. The molecule has 5 heteroatoms. The third-order valence-electron chi connectivity index (χ3n) is 1.74. The van der Waals surface area contributed by atoms with Gasteiger partial charge in [0.05, 0.1) is 12.7 Å². The molecule has 5 nitrogen and oxygen atoms in total. The molecule has 1 saturated heterocycles. The van der Waals surface area contributed by atoms with E-state index in [1.807, 2.05) is 0 Å². The lowest BCUT2D eigenvalue weighted by atomic mass is 10.3. The van der Waals surface area contributed by atoms with Crippen LogP contribution in [0.25, 0.3) is 0 Å². The predicted molar refractivity (Wildman–Crippen MR) is 40.6 cm³/mol. The van der Waals surface area contributed by atoms with E-state index in [0.717, 1.165) is 0 Å². The molecule has 12 heavy (non-hydrogen) atoms. The summed E-state index contributed by atoms with van der Waals surface area (Å²) >= 11 is 0. The largest absolute Gasteiger partial charge is 0.447 e. The number of aliphatic hydroxyl groups excluding tert-OH is 2. The van der Waals surface area contributed by atoms with E-state index in [0.29, 0.717) is 19.5 Å². The Kier molecular flexibility index (Phi) is 3.31. The number of likely N-dealkylation sites (tertiary alicyclic amines) is 1. The maximum Gasteiger partial charge on any atom is 0.409 e. The van der Waals surface area contributed by atoms with Crippen LogP contribution in [0.15, 0.2) is 0 Å². The molecule has 1 amide bonds. The first-order chi connectivity index (χ1) is 5.74. The molecular weight excluding hydrogens is 162 g/mol. The Bertz CT molecular complexity index is 161. The van der Waals surface area contributed by atoms with Crippen molar-refractivity contribution in [3.05, 3.63) is 0 Å². The van der Waals surface area contributed by atoms with E-state index in [2.05, 4.69) is 4.74 Å². The second-order valence-corrected chi connectivity index (χ2v) is 2.73. The highest BCUT2D eigenvalue weighted by atomic mass is 16.6. The lowest BCUT2D eigenvalue weighted by molar-refractivity contribution is 0.0855. The zero-order valence-corrected chi connectivity index (χ0v) is 6.77. The van der Waals surface area contributed by atoms with Gasteiger partial charge in [0.2, 0.25) is 0 Å². The van der Waals surface area contributed by atoms with Gasteiger partial charge >= 0.3 is 6.09 Å². The first kappa shape index (κ1) is 9.28. The summed E-state index contributed by atoms with van der Waals surface area (Å²) in [6.07, 6.45) is -0.277. The van der Waals surface area contributed by atoms with Crippen molar-refractivity contribution >= 4 is 6.09 Å². The standard InChI is InChI=1S/C7H13NO4/c9-3-4-12-7(11)8-2-1-6(10)5-8/h6,9-10H,1-5H2/t6-/m1/s1. The minimum Gasteiger partial charge on any atom is -0.447 e. The van der Waals surface area contributed by atoms with E-state index in [1.165, 1.54) is 4.90 Å². The molecule has 0 aromatic carbocycles. The first-order valence-corrected chi connectivity index (χ1v) is 3.94. The van der Waals surface area contributed by atoms with Gasteiger partial charge in [-0.2, -0.15) is 0 Å². The Balaban J connectivity index is 2.23. The van der Waals surface area contributed by atoms with Crippen molar-refractivity contribution in [2.24, 2.45) is 0 Å². The molecule has 1 fully saturated rings. The Hall–Kier alpha value is -0.810. The zero-order chi connectivity index (χ0) is 8.97. The highest BCUT2D eigenvalue weighted by Gasteiger charge is 2.25. The molecular formula is C7H13NO4. The lowest BCUT2D eigenvalue weighted by Crippen LogP contribution is -2.30. The van der Waals surface area contributed by atoms with Gasteiger partial charge in [-0.3, -0.25) is 0 Å². The van der Waals surface area contributed by atoms with Crippen molar-refractivity contribution in [3.8, 4) is 0 Å². The molecule has 1 atom stereocenters. The summed E-state index contributed by atoms with van der Waals surface area (Å²) in [5.74, 6) is 0. The summed E-state index contributed by atoms with van der Waals surface area (Å²) in [5.41, 5.74) is 0. The van der Waals surface area contributed by atoms with Crippen LogP contribution in [0.2, 0.25) is 0 Å². The van der Waals surface area contributed by atoms with Crippen LogP contribution in [-0.2, 0) is 4.74 Å². The number of nitrogens with zero attached hydrogens (tertiary/aromatic N) is 1. The molecule has 0 radical (unpaired) electrons. The number of carbonyl (C=O) groups excluding carboxylic acids is 1. The average Bonchev–Trinajstić information content (AvgIpc) is 2.47. The highest BCUT2D eigenvalue weighted by molar-refractivity contribution is 5.67. The highest BCUT2D eigenvalue weighted by Crippen LogP contribution is 2.09. The molecule has 1 rings (SSSR count). The Morgan fingerprint density at radius 1 is 1.67 bits per heavy atom. The zero-order valence-electron chi connectivity index (χ0n) is 6.77. The van der Waals surface area contributed by atoms with Gasteiger partial charge in [0.1, 0.15) is 6.61 Å². The molecule has 1 aliphatic heterocycles. The first-order valence-electron chi connectivity index (χ1n) is 3.94. The van der Waals surface area contributed by atoms with Crippen LogP contribution >= 0.6 is 0 Å². The number of rotatable bonds is 2. The van der Waals surface area contributed by atoms with Crippen molar-refractivity contribution in [1.29, 1.82) is 0 Å². The molecule has 0 bridgehead atoms. The van der Waals surface area contributed by atoms with Gasteiger partial charge in [-0.25, -0.2) is 4.79 Å². The van der Waals surface area contributed by atoms with Crippen molar-refractivity contribution < 1.29 is 19.7 Å². The minimum atomic E-state index is -0.458. The number of ether oxygens (including phenoxy) is 1. The molecule has 2 N–H and O–H groups in total. The molecule has 1 heterocycles. The number of aliphatic hydroxyl groups is 2. The van der Waals surface area contributed by atoms with Gasteiger partial charge in [0.15, 0.2) is 0 Å². The van der Waals surface area contributed by atoms with Crippen LogP contribution in [0.3, 0.4) is 0 Å². The van der Waals surface area contributed by atoms with Crippen LogP contribution in [-0.4, -0.2) is 53.6 Å². The van der Waals surface area contributed by atoms with Crippen LogP contribution in [0.5, 0.6) is 0 Å². The van der Waals surface area contributed by atoms with E-state index < -0.39 is 12.2 Å². The lowest BCUT2D eigenvalue weighted by Gasteiger charge is -2.14. The average molecular weight is 175 g/mol. The summed E-state index contributed by atoms with van der Waals surface area (Å²) in [6, 6.07) is 0. The number of hydrogen-bond donors (Lipinski definition) is 2. The second-order valence-electron chi connectivity index (χ2n) is 2.73. The van der Waals surface area contributed by atoms with Crippen LogP contribution < -0.4 is 0 Å². The quantitative estimate of drug-likeness (QED) is 0.575. The summed E-state index contributed by atoms with van der Waals surface area (Å²) in [6.45, 7) is 0.725. The van der Waals surface area contributed by atoms with Gasteiger partial charge in [-0.15, -0.1) is 0 Å². The molecule has 0 saturated carbocycles. The molecule has 0 aromatic heterocycles. The minimum absolute atomic E-state index is 0.0193. The van der Waals surface area contributed by atoms with Crippen molar-refractivity contribution in [3.63, 3.8) is 0 Å². The fourth-order valence-electron chi connectivity index (χ4n) is 1.13. The van der Waals surface area contributed by atoms with Crippen molar-refractivity contribution in [2.75, 3.05) is 26.3 Å². The summed E-state index contributed by atoms with van der Waals surface area (Å²) < 4.78 is 4.65. The van der Waals surface area contributed by atoms with Gasteiger partial charge in [-0.05, 0) is 6.42 Å². The van der Waals surface area contributed by atoms with E-state index in [1.54, 1.807) is 0 Å². The number of amides is 1. The molecule has 0 spiro atoms. The molecule has 70 valence electrons. The maximum atomic E-state index is 11.0. The van der Waals surface area contributed by atoms with E-state index in [4.69, 9.17) is 10.2 Å². The van der Waals surface area contributed by atoms with E-state index in [-0.39, 0.29) is 13.2 Å². The SMILES string of the molecule is O=C(OCCO)N1CC[C@@H](O)C1. The van der Waals surface area contributed by atoms with Gasteiger partial charge < -0.3 is 19.8 Å². The second kappa shape index (κ2) is 4.27. The number of carbonyl (C=O) groups is 1. The fraction of sp³-hybridized carbons (Fsp3) is 0.857. The fourth-order valence-corrected chi connectivity index (χ4v) is 1.13. The Morgan fingerprint density at radius 3 is 2.92 bits per heavy atom. The molecule has 0 unspecified atom stereocenters. The van der Waals surface area contributed by atoms with Crippen molar-refractivity contribution in [2.45, 2.75) is 12.5 Å². The smallest absolute Gasteiger partial charge is 0.409 e.